The summed E-state index contributed by atoms with van der Waals surface area (Å²) < 4.78 is 13.2. The molecule has 24 heavy (non-hydrogen) atoms. The van der Waals surface area contributed by atoms with Crippen LogP contribution < -0.4 is 15.5 Å². The molecule has 2 rings (SSSR count). The van der Waals surface area contributed by atoms with Gasteiger partial charge in [0, 0.05) is 30.2 Å². The fourth-order valence-corrected chi connectivity index (χ4v) is 2.84. The summed E-state index contributed by atoms with van der Waals surface area (Å²) in [6.07, 6.45) is 0. The van der Waals surface area contributed by atoms with E-state index in [1.807, 2.05) is 13.0 Å². The van der Waals surface area contributed by atoms with Gasteiger partial charge in [0.15, 0.2) is 5.11 Å². The Labute approximate surface area is 148 Å². The third-order valence-electron chi connectivity index (χ3n) is 4.02. The van der Waals surface area contributed by atoms with Gasteiger partial charge in [0.25, 0.3) is 0 Å². The zero-order chi connectivity index (χ0) is 17.7. The van der Waals surface area contributed by atoms with Crippen molar-refractivity contribution in [3.8, 4) is 0 Å². The van der Waals surface area contributed by atoms with Gasteiger partial charge in [0.1, 0.15) is 5.82 Å². The predicted molar refractivity (Wildman–Crippen MR) is 106 cm³/mol. The lowest BCUT2D eigenvalue weighted by molar-refractivity contribution is 0.627. The largest absolute Gasteiger partial charge is 0.372 e. The van der Waals surface area contributed by atoms with Crippen LogP contribution in [0, 0.1) is 19.7 Å². The van der Waals surface area contributed by atoms with Crippen molar-refractivity contribution in [2.75, 3.05) is 28.6 Å². The minimum absolute atomic E-state index is 0.250. The van der Waals surface area contributed by atoms with E-state index in [9.17, 15) is 4.39 Å². The van der Waals surface area contributed by atoms with Crippen LogP contribution >= 0.6 is 12.2 Å². The average Bonchev–Trinajstić information content (AvgIpc) is 2.54. The molecule has 0 aliphatic heterocycles. The quantitative estimate of drug-likeness (QED) is 0.738. The van der Waals surface area contributed by atoms with E-state index in [-0.39, 0.29) is 5.82 Å². The number of nitrogens with zero attached hydrogens (tertiary/aromatic N) is 1. The molecule has 0 heterocycles. The molecule has 0 unspecified atom stereocenters. The molecule has 0 spiro atoms. The van der Waals surface area contributed by atoms with Crippen molar-refractivity contribution in [2.24, 2.45) is 0 Å². The topological polar surface area (TPSA) is 27.3 Å². The van der Waals surface area contributed by atoms with Gasteiger partial charge in [0.2, 0.25) is 0 Å². The van der Waals surface area contributed by atoms with Crippen molar-refractivity contribution < 1.29 is 4.39 Å². The molecule has 0 fully saturated rings. The van der Waals surface area contributed by atoms with E-state index in [1.54, 1.807) is 6.07 Å². The van der Waals surface area contributed by atoms with E-state index in [4.69, 9.17) is 12.2 Å². The SMILES string of the molecule is CCN(CC)c1ccc(NC(=S)Nc2ccc(F)cc2C)c(C)c1. The van der Waals surface area contributed by atoms with Gasteiger partial charge in [-0.05, 0) is 87.4 Å². The minimum Gasteiger partial charge on any atom is -0.372 e. The highest BCUT2D eigenvalue weighted by Crippen LogP contribution is 2.23. The smallest absolute Gasteiger partial charge is 0.175 e. The van der Waals surface area contributed by atoms with Crippen LogP contribution in [0.25, 0.3) is 0 Å². The lowest BCUT2D eigenvalue weighted by atomic mass is 10.1. The van der Waals surface area contributed by atoms with Gasteiger partial charge in [-0.1, -0.05) is 0 Å². The van der Waals surface area contributed by atoms with Gasteiger partial charge < -0.3 is 15.5 Å². The lowest BCUT2D eigenvalue weighted by Crippen LogP contribution is -2.22. The summed E-state index contributed by atoms with van der Waals surface area (Å²) in [5.41, 5.74) is 4.90. The van der Waals surface area contributed by atoms with E-state index in [2.05, 4.69) is 48.4 Å². The van der Waals surface area contributed by atoms with Crippen LogP contribution in [0.1, 0.15) is 25.0 Å². The number of thiocarbonyl (C=S) groups is 1. The molecule has 0 aromatic heterocycles. The zero-order valence-electron chi connectivity index (χ0n) is 14.6. The molecular weight excluding hydrogens is 321 g/mol. The Hall–Kier alpha value is -2.14. The second kappa shape index (κ2) is 8.11. The van der Waals surface area contributed by atoms with E-state index >= 15 is 0 Å². The molecule has 0 aliphatic carbocycles. The first-order valence-corrected chi connectivity index (χ1v) is 8.55. The summed E-state index contributed by atoms with van der Waals surface area (Å²) in [5.74, 6) is -0.250. The predicted octanol–water partition coefficient (Wildman–Crippen LogP) is 5.10. The Balaban J connectivity index is 2.08. The number of anilines is 3. The third-order valence-corrected chi connectivity index (χ3v) is 4.23. The highest BCUT2D eigenvalue weighted by atomic mass is 32.1. The molecule has 0 saturated carbocycles. The Morgan fingerprint density at radius 2 is 1.50 bits per heavy atom. The standard InChI is InChI=1S/C19H24FN3S/c1-5-23(6-2)16-8-10-18(14(4)12-16)22-19(24)21-17-9-7-15(20)11-13(17)3/h7-12H,5-6H2,1-4H3,(H2,21,22,24). The monoisotopic (exact) mass is 345 g/mol. The normalized spacial score (nSPS) is 10.4. The maximum absolute atomic E-state index is 13.2. The Kier molecular flexibility index (Phi) is 6.15. The van der Waals surface area contributed by atoms with Gasteiger partial charge >= 0.3 is 0 Å². The summed E-state index contributed by atoms with van der Waals surface area (Å²) >= 11 is 5.37. The minimum atomic E-state index is -0.250. The van der Waals surface area contributed by atoms with Crippen molar-refractivity contribution in [2.45, 2.75) is 27.7 Å². The molecule has 128 valence electrons. The first-order chi connectivity index (χ1) is 11.4. The second-order valence-electron chi connectivity index (χ2n) is 5.71. The van der Waals surface area contributed by atoms with Gasteiger partial charge in [-0.2, -0.15) is 0 Å². The van der Waals surface area contributed by atoms with E-state index in [0.717, 1.165) is 35.6 Å². The van der Waals surface area contributed by atoms with Gasteiger partial charge in [-0.25, -0.2) is 4.39 Å². The van der Waals surface area contributed by atoms with Crippen molar-refractivity contribution in [3.63, 3.8) is 0 Å². The van der Waals surface area contributed by atoms with Crippen molar-refractivity contribution in [3.05, 3.63) is 53.3 Å². The maximum atomic E-state index is 13.2. The summed E-state index contributed by atoms with van der Waals surface area (Å²) in [5, 5.41) is 6.82. The number of hydrogen-bond acceptors (Lipinski definition) is 2. The Bertz CT molecular complexity index is 727. The molecule has 5 heteroatoms. The highest BCUT2D eigenvalue weighted by molar-refractivity contribution is 7.80. The molecular formula is C19H24FN3S. The molecule has 2 aromatic carbocycles. The van der Waals surface area contributed by atoms with E-state index in [0.29, 0.717) is 5.11 Å². The number of rotatable bonds is 5. The lowest BCUT2D eigenvalue weighted by Gasteiger charge is -2.22. The molecule has 0 radical (unpaired) electrons. The van der Waals surface area contributed by atoms with Crippen LogP contribution in [-0.2, 0) is 0 Å². The summed E-state index contributed by atoms with van der Waals surface area (Å²) in [7, 11) is 0. The number of aryl methyl sites for hydroxylation is 2. The maximum Gasteiger partial charge on any atom is 0.175 e. The van der Waals surface area contributed by atoms with E-state index < -0.39 is 0 Å². The third kappa shape index (κ3) is 4.45. The molecule has 0 aliphatic rings. The Morgan fingerprint density at radius 3 is 2.00 bits per heavy atom. The highest BCUT2D eigenvalue weighted by Gasteiger charge is 2.07. The first kappa shape index (κ1) is 18.2. The molecule has 0 amide bonds. The van der Waals surface area contributed by atoms with Crippen LogP contribution in [0.2, 0.25) is 0 Å². The average molecular weight is 345 g/mol. The molecule has 2 N–H and O–H groups in total. The fourth-order valence-electron chi connectivity index (χ4n) is 2.62. The number of halogens is 1. The summed E-state index contributed by atoms with van der Waals surface area (Å²) in [6.45, 7) is 10.2. The summed E-state index contributed by atoms with van der Waals surface area (Å²) in [4.78, 5) is 2.30. The molecule has 3 nitrogen and oxygen atoms in total. The van der Waals surface area contributed by atoms with Crippen LogP contribution in [0.5, 0.6) is 0 Å². The molecule has 0 atom stereocenters. The van der Waals surface area contributed by atoms with Crippen molar-refractivity contribution >= 4 is 34.4 Å². The molecule has 0 saturated heterocycles. The molecule has 0 bridgehead atoms. The first-order valence-electron chi connectivity index (χ1n) is 8.14. The van der Waals surface area contributed by atoms with Crippen LogP contribution in [0.15, 0.2) is 36.4 Å². The summed E-state index contributed by atoms with van der Waals surface area (Å²) in [6, 6.07) is 10.9. The fraction of sp³-hybridized carbons (Fsp3) is 0.316. The van der Waals surface area contributed by atoms with Crippen molar-refractivity contribution in [1.82, 2.24) is 0 Å². The number of benzene rings is 2. The van der Waals surface area contributed by atoms with Crippen molar-refractivity contribution in [1.29, 1.82) is 0 Å². The zero-order valence-corrected chi connectivity index (χ0v) is 15.4. The van der Waals surface area contributed by atoms with Crippen LogP contribution in [-0.4, -0.2) is 18.2 Å². The van der Waals surface area contributed by atoms with Gasteiger partial charge in [-0.15, -0.1) is 0 Å². The second-order valence-corrected chi connectivity index (χ2v) is 6.12. The number of hydrogen-bond donors (Lipinski definition) is 2. The van der Waals surface area contributed by atoms with E-state index in [1.165, 1.54) is 17.8 Å². The number of nitrogens with one attached hydrogen (secondary N) is 2. The van der Waals surface area contributed by atoms with Gasteiger partial charge in [0.05, 0.1) is 0 Å². The Morgan fingerprint density at radius 1 is 0.958 bits per heavy atom. The molecule has 2 aromatic rings. The van der Waals surface area contributed by atoms with Crippen LogP contribution in [0.4, 0.5) is 21.5 Å². The van der Waals surface area contributed by atoms with Gasteiger partial charge in [-0.3, -0.25) is 0 Å². The van der Waals surface area contributed by atoms with Crippen LogP contribution in [0.3, 0.4) is 0 Å².